The molecular weight excluding hydrogens is 263 g/mol. The van der Waals surface area contributed by atoms with Gasteiger partial charge in [-0.3, -0.25) is 4.79 Å². The Bertz CT molecular complexity index is 371. The lowest BCUT2D eigenvalue weighted by molar-refractivity contribution is -0.142. The fraction of sp³-hybridized carbons (Fsp3) is 0.417. The fourth-order valence-electron chi connectivity index (χ4n) is 1.11. The van der Waals surface area contributed by atoms with Gasteiger partial charge < -0.3 is 4.74 Å². The van der Waals surface area contributed by atoms with Crippen LogP contribution in [0, 0.1) is 5.82 Å². The van der Waals surface area contributed by atoms with Gasteiger partial charge in [-0.15, -0.1) is 11.6 Å². The average molecular weight is 277 g/mol. The van der Waals surface area contributed by atoms with Crippen molar-refractivity contribution < 1.29 is 13.9 Å². The smallest absolute Gasteiger partial charge is 0.323 e. The van der Waals surface area contributed by atoms with Gasteiger partial charge in [0, 0.05) is 11.5 Å². The largest absolute Gasteiger partial charge is 0.464 e. The number of alkyl halides is 1. The van der Waals surface area contributed by atoms with Crippen LogP contribution in [0.1, 0.15) is 12.5 Å². The summed E-state index contributed by atoms with van der Waals surface area (Å²) in [6.45, 7) is 1.87. The molecule has 94 valence electrons. The van der Waals surface area contributed by atoms with Crippen molar-refractivity contribution in [2.45, 2.75) is 18.1 Å². The maximum absolute atomic E-state index is 13.2. The third-order valence-corrected chi connectivity index (χ3v) is 3.16. The van der Waals surface area contributed by atoms with Gasteiger partial charge in [-0.2, -0.15) is 11.8 Å². The molecule has 0 fully saturated rings. The number of carbonyl (C=O) groups is 1. The first-order chi connectivity index (χ1) is 8.11. The second kappa shape index (κ2) is 7.56. The number of carbonyl (C=O) groups excluding carboxylic acids is 1. The molecule has 17 heavy (non-hydrogen) atoms. The lowest BCUT2D eigenvalue weighted by atomic mass is 10.2. The van der Waals surface area contributed by atoms with E-state index in [4.69, 9.17) is 16.3 Å². The van der Waals surface area contributed by atoms with Crippen molar-refractivity contribution in [1.82, 2.24) is 0 Å². The Labute approximate surface area is 109 Å². The van der Waals surface area contributed by atoms with Crippen LogP contribution in [0.3, 0.4) is 0 Å². The minimum absolute atomic E-state index is 0.202. The van der Waals surface area contributed by atoms with Crippen molar-refractivity contribution in [3.8, 4) is 0 Å². The van der Waals surface area contributed by atoms with E-state index in [1.165, 1.54) is 17.8 Å². The summed E-state index contributed by atoms with van der Waals surface area (Å²) in [4.78, 5) is 11.0. The van der Waals surface area contributed by atoms with Gasteiger partial charge in [-0.1, -0.05) is 18.2 Å². The summed E-state index contributed by atoms with van der Waals surface area (Å²) in [5.74, 6) is 0.578. The summed E-state index contributed by atoms with van der Waals surface area (Å²) in [7, 11) is 0. The number of thioether (sulfide) groups is 1. The topological polar surface area (TPSA) is 26.3 Å². The molecule has 5 heteroatoms. The van der Waals surface area contributed by atoms with Gasteiger partial charge in [0.25, 0.3) is 0 Å². The molecule has 0 N–H and O–H groups in total. The Balaban J connectivity index is 2.17. The molecule has 1 aromatic carbocycles. The highest BCUT2D eigenvalue weighted by molar-refractivity contribution is 7.98. The van der Waals surface area contributed by atoms with Crippen molar-refractivity contribution >= 4 is 29.3 Å². The first-order valence-corrected chi connectivity index (χ1v) is 6.82. The molecule has 0 amide bonds. The molecule has 0 aromatic heterocycles. The molecule has 0 aliphatic rings. The molecule has 1 atom stereocenters. The summed E-state index contributed by atoms with van der Waals surface area (Å²) >= 11 is 7.04. The van der Waals surface area contributed by atoms with Crippen LogP contribution < -0.4 is 0 Å². The molecule has 0 saturated heterocycles. The Morgan fingerprint density at radius 2 is 2.24 bits per heavy atom. The molecule has 0 heterocycles. The zero-order valence-corrected chi connectivity index (χ0v) is 11.1. The second-order valence-electron chi connectivity index (χ2n) is 3.43. The minimum atomic E-state index is -0.619. The molecule has 0 saturated carbocycles. The molecular formula is C12H14ClFO2S. The van der Waals surface area contributed by atoms with Crippen molar-refractivity contribution in [3.63, 3.8) is 0 Å². The van der Waals surface area contributed by atoms with Gasteiger partial charge in [-0.05, 0) is 18.6 Å². The first-order valence-electron chi connectivity index (χ1n) is 5.23. The van der Waals surface area contributed by atoms with Gasteiger partial charge in [0.15, 0.2) is 0 Å². The van der Waals surface area contributed by atoms with Crippen LogP contribution in [0.25, 0.3) is 0 Å². The third kappa shape index (κ3) is 5.41. The fourth-order valence-corrected chi connectivity index (χ4v) is 1.98. The molecule has 0 radical (unpaired) electrons. The predicted octanol–water partition coefficient (Wildman–Crippen LogP) is 3.23. The van der Waals surface area contributed by atoms with Gasteiger partial charge in [0.2, 0.25) is 0 Å². The number of hydrogen-bond acceptors (Lipinski definition) is 3. The van der Waals surface area contributed by atoms with Gasteiger partial charge in [0.05, 0.1) is 0 Å². The first kappa shape index (κ1) is 14.3. The number of ether oxygens (including phenoxy) is 1. The van der Waals surface area contributed by atoms with E-state index in [1.807, 2.05) is 0 Å². The van der Waals surface area contributed by atoms with Gasteiger partial charge >= 0.3 is 5.97 Å². The van der Waals surface area contributed by atoms with E-state index in [-0.39, 0.29) is 5.82 Å². The highest BCUT2D eigenvalue weighted by atomic mass is 35.5. The molecule has 0 aliphatic heterocycles. The summed E-state index contributed by atoms with van der Waals surface area (Å²) in [5.41, 5.74) is 0.662. The van der Waals surface area contributed by atoms with E-state index in [1.54, 1.807) is 25.1 Å². The van der Waals surface area contributed by atoms with Gasteiger partial charge in [-0.25, -0.2) is 4.39 Å². The summed E-state index contributed by atoms with van der Waals surface area (Å²) < 4.78 is 18.1. The molecule has 2 nitrogen and oxygen atoms in total. The number of halogens is 2. The van der Waals surface area contributed by atoms with Crippen LogP contribution >= 0.6 is 23.4 Å². The summed E-state index contributed by atoms with van der Waals surface area (Å²) in [6.07, 6.45) is 0. The highest BCUT2D eigenvalue weighted by Gasteiger charge is 2.09. The van der Waals surface area contributed by atoms with Crippen LogP contribution in [0.15, 0.2) is 24.3 Å². The van der Waals surface area contributed by atoms with E-state index in [0.29, 0.717) is 23.7 Å². The normalized spacial score (nSPS) is 12.2. The maximum Gasteiger partial charge on any atom is 0.323 e. The Kier molecular flexibility index (Phi) is 6.37. The Morgan fingerprint density at radius 1 is 1.53 bits per heavy atom. The van der Waals surface area contributed by atoms with Crippen LogP contribution in [0.2, 0.25) is 0 Å². The van der Waals surface area contributed by atoms with Crippen LogP contribution in [0.4, 0.5) is 4.39 Å². The number of esters is 1. The zero-order valence-electron chi connectivity index (χ0n) is 9.49. The third-order valence-electron chi connectivity index (χ3n) is 2.01. The SMILES string of the molecule is CC(Cl)C(=O)OCCSCc1ccccc1F. The van der Waals surface area contributed by atoms with Crippen molar-refractivity contribution in [1.29, 1.82) is 0 Å². The van der Waals surface area contributed by atoms with E-state index in [2.05, 4.69) is 0 Å². The Morgan fingerprint density at radius 3 is 2.88 bits per heavy atom. The number of hydrogen-bond donors (Lipinski definition) is 0. The number of rotatable bonds is 6. The van der Waals surface area contributed by atoms with E-state index < -0.39 is 11.3 Å². The maximum atomic E-state index is 13.2. The molecule has 1 aromatic rings. The monoisotopic (exact) mass is 276 g/mol. The van der Waals surface area contributed by atoms with E-state index in [9.17, 15) is 9.18 Å². The summed E-state index contributed by atoms with van der Waals surface area (Å²) in [5, 5.41) is -0.619. The van der Waals surface area contributed by atoms with Crippen molar-refractivity contribution in [2.24, 2.45) is 0 Å². The molecule has 0 bridgehead atoms. The molecule has 0 aliphatic carbocycles. The average Bonchev–Trinajstić information content (AvgIpc) is 2.30. The summed E-state index contributed by atoms with van der Waals surface area (Å²) in [6, 6.07) is 6.64. The lowest BCUT2D eigenvalue weighted by Gasteiger charge is -2.06. The van der Waals surface area contributed by atoms with Crippen molar-refractivity contribution in [3.05, 3.63) is 35.6 Å². The van der Waals surface area contributed by atoms with E-state index in [0.717, 1.165) is 0 Å². The standard InChI is InChI=1S/C12H14ClFO2S/c1-9(13)12(15)16-6-7-17-8-10-4-2-3-5-11(10)14/h2-5,9H,6-8H2,1H3. The van der Waals surface area contributed by atoms with Crippen molar-refractivity contribution in [2.75, 3.05) is 12.4 Å². The quantitative estimate of drug-likeness (QED) is 0.453. The molecule has 0 spiro atoms. The van der Waals surface area contributed by atoms with Gasteiger partial charge in [0.1, 0.15) is 17.8 Å². The second-order valence-corrected chi connectivity index (χ2v) is 5.19. The van der Waals surface area contributed by atoms with Crippen LogP contribution in [-0.2, 0) is 15.3 Å². The Hall–Kier alpha value is -0.740. The van der Waals surface area contributed by atoms with Crippen LogP contribution in [-0.4, -0.2) is 23.7 Å². The zero-order chi connectivity index (χ0) is 12.7. The number of benzene rings is 1. The predicted molar refractivity (Wildman–Crippen MR) is 68.8 cm³/mol. The minimum Gasteiger partial charge on any atom is -0.464 e. The van der Waals surface area contributed by atoms with Crippen LogP contribution in [0.5, 0.6) is 0 Å². The van der Waals surface area contributed by atoms with E-state index >= 15 is 0 Å². The molecule has 1 unspecified atom stereocenters. The molecule has 1 rings (SSSR count). The lowest BCUT2D eigenvalue weighted by Crippen LogP contribution is -2.15. The highest BCUT2D eigenvalue weighted by Crippen LogP contribution is 2.15.